The average molecular weight is 429 g/mol. The number of phenols is 1. The first kappa shape index (κ1) is 20.8. The van der Waals surface area contributed by atoms with E-state index in [1.165, 1.54) is 12.1 Å². The highest BCUT2D eigenvalue weighted by Crippen LogP contribution is 2.29. The van der Waals surface area contributed by atoms with Crippen molar-refractivity contribution in [1.29, 1.82) is 0 Å². The molecule has 3 rings (SSSR count). The Morgan fingerprint density at radius 2 is 1.79 bits per heavy atom. The summed E-state index contributed by atoms with van der Waals surface area (Å²) in [4.78, 5) is 12.3. The molecule has 0 heterocycles. The Bertz CT molecular complexity index is 1060. The van der Waals surface area contributed by atoms with Gasteiger partial charge in [-0.1, -0.05) is 47.5 Å². The van der Waals surface area contributed by atoms with Gasteiger partial charge in [-0.2, -0.15) is 0 Å². The summed E-state index contributed by atoms with van der Waals surface area (Å²) in [5, 5.41) is 10.7. The molecule has 148 valence electrons. The largest absolute Gasteiger partial charge is 0.507 e. The van der Waals surface area contributed by atoms with Gasteiger partial charge in [0.25, 0.3) is 0 Å². The number of benzene rings is 3. The SMILES string of the molecule is COc1ccc(/C=C/C(=O)c2ccccc2O)cc1COc1ccc(Cl)cc1Cl. The molecule has 0 aliphatic carbocycles. The molecule has 3 aromatic rings. The number of aromatic hydroxyl groups is 1. The van der Waals surface area contributed by atoms with Gasteiger partial charge < -0.3 is 14.6 Å². The predicted molar refractivity (Wildman–Crippen MR) is 115 cm³/mol. The third-order valence-electron chi connectivity index (χ3n) is 4.18. The molecule has 0 unspecified atom stereocenters. The fourth-order valence-corrected chi connectivity index (χ4v) is 3.17. The zero-order valence-electron chi connectivity index (χ0n) is 15.6. The lowest BCUT2D eigenvalue weighted by atomic mass is 10.1. The summed E-state index contributed by atoms with van der Waals surface area (Å²) in [5.41, 5.74) is 1.82. The van der Waals surface area contributed by atoms with Crippen LogP contribution < -0.4 is 9.47 Å². The molecule has 0 fully saturated rings. The maximum atomic E-state index is 12.3. The first-order valence-corrected chi connectivity index (χ1v) is 9.48. The molecule has 0 saturated carbocycles. The van der Waals surface area contributed by atoms with Crippen LogP contribution in [0.5, 0.6) is 17.2 Å². The number of methoxy groups -OCH3 is 1. The summed E-state index contributed by atoms with van der Waals surface area (Å²) in [7, 11) is 1.57. The Balaban J connectivity index is 1.77. The molecule has 0 radical (unpaired) electrons. The van der Waals surface area contributed by atoms with Crippen molar-refractivity contribution in [2.45, 2.75) is 6.61 Å². The van der Waals surface area contributed by atoms with Gasteiger partial charge in [0, 0.05) is 10.6 Å². The highest BCUT2D eigenvalue weighted by molar-refractivity contribution is 6.35. The van der Waals surface area contributed by atoms with E-state index in [9.17, 15) is 9.90 Å². The smallest absolute Gasteiger partial charge is 0.189 e. The summed E-state index contributed by atoms with van der Waals surface area (Å²) >= 11 is 12.1. The highest BCUT2D eigenvalue weighted by atomic mass is 35.5. The zero-order chi connectivity index (χ0) is 20.8. The molecule has 1 N–H and O–H groups in total. The van der Waals surface area contributed by atoms with E-state index in [0.717, 1.165) is 11.1 Å². The first-order chi connectivity index (χ1) is 14.0. The van der Waals surface area contributed by atoms with Gasteiger partial charge in [-0.3, -0.25) is 4.79 Å². The number of hydrogen-bond donors (Lipinski definition) is 1. The van der Waals surface area contributed by atoms with Crippen LogP contribution in [-0.2, 0) is 6.61 Å². The molecule has 0 bridgehead atoms. The van der Waals surface area contributed by atoms with Gasteiger partial charge in [-0.25, -0.2) is 0 Å². The van der Waals surface area contributed by atoms with Gasteiger partial charge in [-0.05, 0) is 54.1 Å². The molecule has 0 aromatic heterocycles. The molecule has 0 atom stereocenters. The molecule has 3 aromatic carbocycles. The molecule has 0 aliphatic heterocycles. The minimum absolute atomic E-state index is 0.0502. The lowest BCUT2D eigenvalue weighted by molar-refractivity contribution is 0.104. The number of allylic oxidation sites excluding steroid dienone is 1. The minimum atomic E-state index is -0.287. The third kappa shape index (κ3) is 5.31. The van der Waals surface area contributed by atoms with Crippen LogP contribution in [0.15, 0.2) is 66.7 Å². The van der Waals surface area contributed by atoms with E-state index in [0.29, 0.717) is 21.5 Å². The maximum Gasteiger partial charge on any atom is 0.189 e. The van der Waals surface area contributed by atoms with Crippen LogP contribution >= 0.6 is 23.2 Å². The molecule has 0 aliphatic rings. The normalized spacial score (nSPS) is 10.9. The van der Waals surface area contributed by atoms with Gasteiger partial charge in [0.2, 0.25) is 0 Å². The van der Waals surface area contributed by atoms with Gasteiger partial charge in [0.15, 0.2) is 5.78 Å². The van der Waals surface area contributed by atoms with E-state index in [-0.39, 0.29) is 23.7 Å². The fraction of sp³-hybridized carbons (Fsp3) is 0.0870. The summed E-state index contributed by atoms with van der Waals surface area (Å²) in [6, 6.07) is 16.9. The third-order valence-corrected chi connectivity index (χ3v) is 4.71. The molecular weight excluding hydrogens is 411 g/mol. The number of hydrogen-bond acceptors (Lipinski definition) is 4. The van der Waals surface area contributed by atoms with Crippen LogP contribution in [0.3, 0.4) is 0 Å². The van der Waals surface area contributed by atoms with E-state index in [2.05, 4.69) is 0 Å². The van der Waals surface area contributed by atoms with Crippen LogP contribution in [-0.4, -0.2) is 18.0 Å². The van der Waals surface area contributed by atoms with Crippen molar-refractivity contribution in [3.05, 3.63) is 93.5 Å². The fourth-order valence-electron chi connectivity index (χ4n) is 2.71. The Kier molecular flexibility index (Phi) is 6.81. The predicted octanol–water partition coefficient (Wildman–Crippen LogP) is 6.18. The first-order valence-electron chi connectivity index (χ1n) is 8.73. The van der Waals surface area contributed by atoms with E-state index >= 15 is 0 Å². The molecule has 29 heavy (non-hydrogen) atoms. The quantitative estimate of drug-likeness (QED) is 0.360. The Labute approximate surface area is 178 Å². The van der Waals surface area contributed by atoms with Crippen LogP contribution in [0.25, 0.3) is 6.08 Å². The Morgan fingerprint density at radius 3 is 2.52 bits per heavy atom. The van der Waals surface area contributed by atoms with E-state index < -0.39 is 0 Å². The molecular formula is C23H18Cl2O4. The van der Waals surface area contributed by atoms with Crippen LogP contribution in [0, 0.1) is 0 Å². The van der Waals surface area contributed by atoms with Crippen LogP contribution in [0.4, 0.5) is 0 Å². The highest BCUT2D eigenvalue weighted by Gasteiger charge is 2.09. The summed E-state index contributed by atoms with van der Waals surface area (Å²) in [6.45, 7) is 0.222. The number of para-hydroxylation sites is 1. The van der Waals surface area contributed by atoms with Gasteiger partial charge in [-0.15, -0.1) is 0 Å². The summed E-state index contributed by atoms with van der Waals surface area (Å²) in [5.74, 6) is 0.823. The standard InChI is InChI=1S/C23H18Cl2O4/c1-28-22-10-7-15(6-9-21(27)18-4-2-3-5-20(18)26)12-16(22)14-29-23-11-8-17(24)13-19(23)25/h2-13,26H,14H2,1H3/b9-6+. The van der Waals surface area contributed by atoms with Gasteiger partial charge >= 0.3 is 0 Å². The van der Waals surface area contributed by atoms with Crippen molar-refractivity contribution < 1.29 is 19.4 Å². The van der Waals surface area contributed by atoms with E-state index in [1.807, 2.05) is 12.1 Å². The molecule has 0 amide bonds. The van der Waals surface area contributed by atoms with E-state index in [1.54, 1.807) is 55.7 Å². The number of carbonyl (C=O) groups is 1. The minimum Gasteiger partial charge on any atom is -0.507 e. The van der Waals surface area contributed by atoms with Crippen LogP contribution in [0.2, 0.25) is 10.0 Å². The molecule has 6 heteroatoms. The molecule has 0 spiro atoms. The number of carbonyl (C=O) groups excluding carboxylic acids is 1. The van der Waals surface area contributed by atoms with Gasteiger partial charge in [0.05, 0.1) is 17.7 Å². The number of phenolic OH excluding ortho intramolecular Hbond substituents is 1. The second-order valence-electron chi connectivity index (χ2n) is 6.15. The summed E-state index contributed by atoms with van der Waals surface area (Å²) < 4.78 is 11.2. The number of ketones is 1. The Hall–Kier alpha value is -2.95. The van der Waals surface area contributed by atoms with Crippen molar-refractivity contribution >= 4 is 35.1 Å². The monoisotopic (exact) mass is 428 g/mol. The van der Waals surface area contributed by atoms with Crippen molar-refractivity contribution in [3.63, 3.8) is 0 Å². The summed E-state index contributed by atoms with van der Waals surface area (Å²) in [6.07, 6.45) is 3.09. The molecule has 0 saturated heterocycles. The zero-order valence-corrected chi connectivity index (χ0v) is 17.1. The lowest BCUT2D eigenvalue weighted by Gasteiger charge is -2.12. The van der Waals surface area contributed by atoms with Crippen molar-refractivity contribution in [2.75, 3.05) is 7.11 Å². The topological polar surface area (TPSA) is 55.8 Å². The maximum absolute atomic E-state index is 12.3. The second kappa shape index (κ2) is 9.50. The molecule has 4 nitrogen and oxygen atoms in total. The average Bonchev–Trinajstić information content (AvgIpc) is 2.71. The number of rotatable bonds is 7. The van der Waals surface area contributed by atoms with Gasteiger partial charge in [0.1, 0.15) is 23.9 Å². The van der Waals surface area contributed by atoms with Crippen LogP contribution in [0.1, 0.15) is 21.5 Å². The Morgan fingerprint density at radius 1 is 1.03 bits per heavy atom. The van der Waals surface area contributed by atoms with Crippen molar-refractivity contribution in [3.8, 4) is 17.2 Å². The van der Waals surface area contributed by atoms with Crippen molar-refractivity contribution in [2.24, 2.45) is 0 Å². The number of halogens is 2. The lowest BCUT2D eigenvalue weighted by Crippen LogP contribution is -2.00. The second-order valence-corrected chi connectivity index (χ2v) is 6.99. The van der Waals surface area contributed by atoms with E-state index in [4.69, 9.17) is 32.7 Å². The number of ether oxygens (including phenoxy) is 2. The van der Waals surface area contributed by atoms with Crippen molar-refractivity contribution in [1.82, 2.24) is 0 Å².